The predicted molar refractivity (Wildman–Crippen MR) is 170 cm³/mol. The topological polar surface area (TPSA) is 111 Å². The van der Waals surface area contributed by atoms with Crippen LogP contribution in [0.5, 0.6) is 0 Å². The average molecular weight is 678 g/mol. The fourth-order valence-corrected chi connectivity index (χ4v) is 7.88. The van der Waals surface area contributed by atoms with Crippen molar-refractivity contribution in [1.29, 1.82) is 0 Å². The lowest BCUT2D eigenvalue weighted by Crippen LogP contribution is -2.66. The van der Waals surface area contributed by atoms with Gasteiger partial charge in [-0.25, -0.2) is 8.51 Å². The average Bonchev–Trinajstić information content (AvgIpc) is 3.04. The second kappa shape index (κ2) is 13.3. The lowest BCUT2D eigenvalue weighted by Gasteiger charge is -2.51. The summed E-state index contributed by atoms with van der Waals surface area (Å²) < 4.78 is 99.8. The molecule has 1 aliphatic heterocycles. The molecular formula is C34H37F6N5OS. The molecule has 1 aromatic heterocycles. The Morgan fingerprint density at radius 2 is 1.43 bits per heavy atom. The molecule has 0 radical (unpaired) electrons. The van der Waals surface area contributed by atoms with Crippen LogP contribution in [0.4, 0.5) is 26.3 Å². The van der Waals surface area contributed by atoms with Crippen molar-refractivity contribution in [1.82, 2.24) is 9.29 Å². The number of benzene rings is 3. The number of nitrogens with zero attached hydrogens (tertiary/aromatic N) is 2. The highest BCUT2D eigenvalue weighted by Gasteiger charge is 2.53. The quantitative estimate of drug-likeness (QED) is 0.177. The van der Waals surface area contributed by atoms with Crippen LogP contribution in [-0.4, -0.2) is 39.2 Å². The molecular weight excluding hydrogens is 640 g/mol. The van der Waals surface area contributed by atoms with E-state index in [4.69, 9.17) is 17.2 Å². The summed E-state index contributed by atoms with van der Waals surface area (Å²) in [5, 5.41) is 0.779. The number of halogens is 6. The van der Waals surface area contributed by atoms with Gasteiger partial charge in [-0.05, 0) is 91.4 Å². The highest BCUT2D eigenvalue weighted by molar-refractivity contribution is 7.82. The summed E-state index contributed by atoms with van der Waals surface area (Å²) in [6.45, 7) is 2.37. The number of hydrogen-bond acceptors (Lipinski definition) is 5. The van der Waals surface area contributed by atoms with Gasteiger partial charge in [0.25, 0.3) is 0 Å². The van der Waals surface area contributed by atoms with E-state index in [2.05, 4.69) is 4.98 Å². The molecule has 4 unspecified atom stereocenters. The molecule has 2 heterocycles. The van der Waals surface area contributed by atoms with E-state index < -0.39 is 58.0 Å². The molecule has 1 fully saturated rings. The van der Waals surface area contributed by atoms with Crippen LogP contribution < -0.4 is 17.2 Å². The molecule has 0 bridgehead atoms. The second-order valence-corrected chi connectivity index (χ2v) is 13.8. The third-order valence-corrected chi connectivity index (χ3v) is 10.8. The maximum atomic E-state index is 14.1. The summed E-state index contributed by atoms with van der Waals surface area (Å²) >= 11 is 0. The van der Waals surface area contributed by atoms with Gasteiger partial charge in [0.05, 0.1) is 27.1 Å². The molecule has 13 heteroatoms. The first-order valence-electron chi connectivity index (χ1n) is 15.2. The fraction of sp³-hybridized carbons (Fsp3) is 0.382. The standard InChI is InChI=1S/C34H37F6N5OS/c1-31(43,24-8-10-28(11-9-24)47(46)45-14-3-2-4-15-45)32(21-41,25-18-26(33(35,36)37)20-27(19-25)34(38,39)40)30(42)17-22-7-12-29-23(16-22)6-5-13-44-29/h5-13,16,18-20,30H,2-4,14-15,17,21,41-43H2,1H3. The van der Waals surface area contributed by atoms with Crippen molar-refractivity contribution in [3.8, 4) is 0 Å². The number of aromatic nitrogens is 1. The summed E-state index contributed by atoms with van der Waals surface area (Å²) in [6.07, 6.45) is -5.65. The van der Waals surface area contributed by atoms with E-state index in [1.807, 2.05) is 16.4 Å². The highest BCUT2D eigenvalue weighted by atomic mass is 32.2. The van der Waals surface area contributed by atoms with Crippen molar-refractivity contribution >= 4 is 21.9 Å². The molecule has 5 rings (SSSR count). The summed E-state index contributed by atoms with van der Waals surface area (Å²) in [7, 11) is -1.45. The number of hydrogen-bond donors (Lipinski definition) is 3. The van der Waals surface area contributed by atoms with Crippen LogP contribution in [0.3, 0.4) is 0 Å². The number of rotatable bonds is 9. The molecule has 6 nitrogen and oxygen atoms in total. The van der Waals surface area contributed by atoms with Gasteiger partial charge in [-0.2, -0.15) is 26.3 Å². The minimum Gasteiger partial charge on any atom is -0.329 e. The Kier molecular flexibility index (Phi) is 9.87. The van der Waals surface area contributed by atoms with E-state index in [0.717, 1.165) is 24.6 Å². The molecule has 0 saturated carbocycles. The molecule has 1 saturated heterocycles. The highest BCUT2D eigenvalue weighted by Crippen LogP contribution is 2.47. The third-order valence-electron chi connectivity index (χ3n) is 9.31. The van der Waals surface area contributed by atoms with E-state index >= 15 is 0 Å². The van der Waals surface area contributed by atoms with Gasteiger partial charge in [0.15, 0.2) is 0 Å². The van der Waals surface area contributed by atoms with Crippen molar-refractivity contribution in [3.05, 3.63) is 107 Å². The van der Waals surface area contributed by atoms with Crippen LogP contribution >= 0.6 is 0 Å². The Balaban J connectivity index is 1.66. The molecule has 0 aliphatic carbocycles. The molecule has 0 amide bonds. The van der Waals surface area contributed by atoms with Gasteiger partial charge >= 0.3 is 12.4 Å². The van der Waals surface area contributed by atoms with Gasteiger partial charge in [-0.3, -0.25) is 4.98 Å². The monoisotopic (exact) mass is 677 g/mol. The molecule has 4 atom stereocenters. The molecule has 252 valence electrons. The van der Waals surface area contributed by atoms with E-state index in [0.29, 0.717) is 46.8 Å². The molecule has 4 aromatic rings. The summed E-state index contributed by atoms with van der Waals surface area (Å²) in [4.78, 5) is 4.80. The number of alkyl halides is 6. The van der Waals surface area contributed by atoms with Crippen molar-refractivity contribution in [2.45, 2.75) is 66.9 Å². The first-order valence-corrected chi connectivity index (χ1v) is 16.3. The number of piperidine rings is 1. The van der Waals surface area contributed by atoms with Crippen molar-refractivity contribution < 1.29 is 30.6 Å². The first kappa shape index (κ1) is 35.0. The fourth-order valence-electron chi connectivity index (χ4n) is 6.63. The normalized spacial score (nSPS) is 18.8. The SMILES string of the molecule is CC(N)(c1ccc(S(=O)N2CCCCC2)cc1)C(CN)(c1cc(C(F)(F)F)cc(C(F)(F)F)c1)C(N)Cc1ccc2ncccc2c1. The molecule has 0 spiro atoms. The van der Waals surface area contributed by atoms with Crippen LogP contribution in [-0.2, 0) is 40.7 Å². The molecule has 1 aliphatic rings. The largest absolute Gasteiger partial charge is 0.416 e. The van der Waals surface area contributed by atoms with Crippen molar-refractivity contribution in [2.75, 3.05) is 19.6 Å². The van der Waals surface area contributed by atoms with E-state index in [9.17, 15) is 30.6 Å². The van der Waals surface area contributed by atoms with E-state index in [1.165, 1.54) is 6.92 Å². The predicted octanol–water partition coefficient (Wildman–Crippen LogP) is 6.42. The van der Waals surface area contributed by atoms with Crippen LogP contribution in [0.1, 0.15) is 54.0 Å². The first-order chi connectivity index (χ1) is 22.1. The van der Waals surface area contributed by atoms with Gasteiger partial charge in [0, 0.05) is 42.7 Å². The Morgan fingerprint density at radius 1 is 0.830 bits per heavy atom. The van der Waals surface area contributed by atoms with Gasteiger partial charge in [0.2, 0.25) is 0 Å². The van der Waals surface area contributed by atoms with Crippen LogP contribution in [0.2, 0.25) is 0 Å². The van der Waals surface area contributed by atoms with E-state index in [1.54, 1.807) is 48.7 Å². The Morgan fingerprint density at radius 3 is 2.00 bits per heavy atom. The zero-order chi connectivity index (χ0) is 34.2. The minimum atomic E-state index is -5.10. The third kappa shape index (κ3) is 6.95. The van der Waals surface area contributed by atoms with Gasteiger partial charge in [-0.15, -0.1) is 0 Å². The zero-order valence-electron chi connectivity index (χ0n) is 25.7. The number of nitrogens with two attached hydrogens (primary N) is 3. The van der Waals surface area contributed by atoms with Gasteiger partial charge in [-0.1, -0.05) is 30.7 Å². The lowest BCUT2D eigenvalue weighted by molar-refractivity contribution is -0.143. The Labute approximate surface area is 271 Å². The second-order valence-electron chi connectivity index (χ2n) is 12.3. The van der Waals surface area contributed by atoms with Crippen molar-refractivity contribution in [3.63, 3.8) is 0 Å². The van der Waals surface area contributed by atoms with E-state index in [-0.39, 0.29) is 18.1 Å². The summed E-state index contributed by atoms with van der Waals surface area (Å²) in [6, 6.07) is 15.6. The van der Waals surface area contributed by atoms with Crippen LogP contribution in [0.25, 0.3) is 10.9 Å². The maximum absolute atomic E-state index is 14.1. The zero-order valence-corrected chi connectivity index (χ0v) is 26.6. The Hall–Kier alpha value is -3.36. The summed E-state index contributed by atoms with van der Waals surface area (Å²) in [5.41, 5.74) is 15.2. The number of fused-ring (bicyclic) bond motifs is 1. The van der Waals surface area contributed by atoms with Crippen LogP contribution in [0.15, 0.2) is 83.9 Å². The molecule has 3 aromatic carbocycles. The van der Waals surface area contributed by atoms with Gasteiger partial charge < -0.3 is 17.2 Å². The number of pyridine rings is 1. The Bertz CT molecular complexity index is 1710. The smallest absolute Gasteiger partial charge is 0.329 e. The van der Waals surface area contributed by atoms with Crippen molar-refractivity contribution in [2.24, 2.45) is 17.2 Å². The molecule has 47 heavy (non-hydrogen) atoms. The summed E-state index contributed by atoms with van der Waals surface area (Å²) in [5.74, 6) is 0. The van der Waals surface area contributed by atoms with Crippen LogP contribution in [0, 0.1) is 0 Å². The minimum absolute atomic E-state index is 0.0173. The molecule has 6 N–H and O–H groups in total. The lowest BCUT2D eigenvalue weighted by atomic mass is 9.58. The maximum Gasteiger partial charge on any atom is 0.416 e. The van der Waals surface area contributed by atoms with Gasteiger partial charge in [0.1, 0.15) is 11.0 Å².